The van der Waals surface area contributed by atoms with Crippen molar-refractivity contribution in [2.75, 3.05) is 19.1 Å². The Morgan fingerprint density at radius 2 is 1.96 bits per heavy atom. The third-order valence-corrected chi connectivity index (χ3v) is 5.48. The minimum absolute atomic E-state index is 0.0286. The smallest absolute Gasteiger partial charge is 0.234 e. The number of hydrogen-bond acceptors (Lipinski definition) is 3. The van der Waals surface area contributed by atoms with E-state index >= 15 is 0 Å². The SMILES string of the molecule is COc1cc(C)c(CNC(=O)C[C@H]2C(=O)N(C)c3ccccc32)cc1C(C)C. The minimum Gasteiger partial charge on any atom is -0.496 e. The number of aryl methyl sites for hydroxylation is 1. The van der Waals surface area contributed by atoms with Crippen LogP contribution in [0.25, 0.3) is 0 Å². The van der Waals surface area contributed by atoms with E-state index in [0.717, 1.165) is 33.7 Å². The summed E-state index contributed by atoms with van der Waals surface area (Å²) >= 11 is 0. The van der Waals surface area contributed by atoms with Crippen LogP contribution >= 0.6 is 0 Å². The zero-order valence-electron chi connectivity index (χ0n) is 17.2. The van der Waals surface area contributed by atoms with Crippen LogP contribution in [0.5, 0.6) is 5.75 Å². The molecule has 148 valence electrons. The molecule has 0 aliphatic carbocycles. The standard InChI is InChI=1S/C23H28N2O3/c1-14(2)18-11-16(15(3)10-21(18)28-5)13-24-22(26)12-19-17-8-6-7-9-20(17)25(4)23(19)27/h6-11,14,19H,12-13H2,1-5H3,(H,24,26)/t19-/m1/s1. The predicted octanol–water partition coefficient (Wildman–Crippen LogP) is 3.89. The lowest BCUT2D eigenvalue weighted by atomic mass is 9.95. The normalized spacial score (nSPS) is 15.7. The first kappa shape index (κ1) is 19.9. The van der Waals surface area contributed by atoms with Gasteiger partial charge in [0.25, 0.3) is 0 Å². The molecular formula is C23H28N2O3. The number of fused-ring (bicyclic) bond motifs is 1. The monoisotopic (exact) mass is 380 g/mol. The molecule has 2 amide bonds. The van der Waals surface area contributed by atoms with E-state index < -0.39 is 5.92 Å². The zero-order valence-corrected chi connectivity index (χ0v) is 17.2. The highest BCUT2D eigenvalue weighted by atomic mass is 16.5. The fraction of sp³-hybridized carbons (Fsp3) is 0.391. The predicted molar refractivity (Wildman–Crippen MR) is 111 cm³/mol. The van der Waals surface area contributed by atoms with Crippen LogP contribution in [-0.2, 0) is 16.1 Å². The lowest BCUT2D eigenvalue weighted by molar-refractivity contribution is -0.126. The lowest BCUT2D eigenvalue weighted by Crippen LogP contribution is -2.29. The maximum absolute atomic E-state index is 12.6. The van der Waals surface area contributed by atoms with Gasteiger partial charge in [-0.15, -0.1) is 0 Å². The number of methoxy groups -OCH3 is 1. The van der Waals surface area contributed by atoms with Gasteiger partial charge in [0.1, 0.15) is 5.75 Å². The van der Waals surface area contributed by atoms with Crippen molar-refractivity contribution in [1.29, 1.82) is 0 Å². The summed E-state index contributed by atoms with van der Waals surface area (Å²) in [7, 11) is 3.43. The third kappa shape index (κ3) is 3.75. The van der Waals surface area contributed by atoms with Crippen molar-refractivity contribution in [1.82, 2.24) is 5.32 Å². The fourth-order valence-corrected chi connectivity index (χ4v) is 3.79. The molecule has 0 unspecified atom stereocenters. The zero-order chi connectivity index (χ0) is 20.4. The average Bonchev–Trinajstić information content (AvgIpc) is 2.91. The summed E-state index contributed by atoms with van der Waals surface area (Å²) < 4.78 is 5.48. The number of benzene rings is 2. The first-order valence-corrected chi connectivity index (χ1v) is 9.64. The quantitative estimate of drug-likeness (QED) is 0.827. The first-order valence-electron chi connectivity index (χ1n) is 9.64. The molecule has 1 atom stereocenters. The summed E-state index contributed by atoms with van der Waals surface area (Å²) in [5.41, 5.74) is 5.07. The number of ether oxygens (including phenoxy) is 1. The van der Waals surface area contributed by atoms with Crippen LogP contribution in [0.4, 0.5) is 5.69 Å². The number of amides is 2. The summed E-state index contributed by atoms with van der Waals surface area (Å²) in [4.78, 5) is 26.8. The van der Waals surface area contributed by atoms with Crippen LogP contribution in [0, 0.1) is 6.92 Å². The van der Waals surface area contributed by atoms with Crippen molar-refractivity contribution < 1.29 is 14.3 Å². The molecule has 1 N–H and O–H groups in total. The van der Waals surface area contributed by atoms with Crippen molar-refractivity contribution >= 4 is 17.5 Å². The van der Waals surface area contributed by atoms with Gasteiger partial charge in [0.05, 0.1) is 13.0 Å². The van der Waals surface area contributed by atoms with Crippen molar-refractivity contribution in [2.45, 2.75) is 45.6 Å². The summed E-state index contributed by atoms with van der Waals surface area (Å²) in [5.74, 6) is 0.639. The van der Waals surface area contributed by atoms with Crippen molar-refractivity contribution in [3.8, 4) is 5.75 Å². The summed E-state index contributed by atoms with van der Waals surface area (Å²) in [6.07, 6.45) is 0.159. The van der Waals surface area contributed by atoms with E-state index in [2.05, 4.69) is 25.2 Å². The number of rotatable bonds is 6. The maximum Gasteiger partial charge on any atom is 0.234 e. The Hall–Kier alpha value is -2.82. The molecule has 1 aliphatic heterocycles. The average molecular weight is 380 g/mol. The van der Waals surface area contributed by atoms with E-state index in [1.54, 1.807) is 19.1 Å². The Kier molecular flexibility index (Phi) is 5.73. The Labute approximate surface area is 166 Å². The molecule has 2 aromatic carbocycles. The first-order chi connectivity index (χ1) is 13.3. The van der Waals surface area contributed by atoms with Gasteiger partial charge in [-0.2, -0.15) is 0 Å². The Morgan fingerprint density at radius 3 is 2.64 bits per heavy atom. The number of likely N-dealkylation sites (N-methyl/N-ethyl adjacent to an activating group) is 1. The number of carbonyl (C=O) groups is 2. The molecule has 0 radical (unpaired) electrons. The van der Waals surface area contributed by atoms with Gasteiger partial charge in [0.15, 0.2) is 0 Å². The highest BCUT2D eigenvalue weighted by Gasteiger charge is 2.36. The molecule has 0 bridgehead atoms. The number of para-hydroxylation sites is 1. The van der Waals surface area contributed by atoms with Crippen LogP contribution in [-0.4, -0.2) is 26.0 Å². The highest BCUT2D eigenvalue weighted by Crippen LogP contribution is 2.38. The third-order valence-electron chi connectivity index (χ3n) is 5.48. The summed E-state index contributed by atoms with van der Waals surface area (Å²) in [6, 6.07) is 11.8. The fourth-order valence-electron chi connectivity index (χ4n) is 3.79. The molecule has 3 rings (SSSR count). The molecule has 2 aromatic rings. The van der Waals surface area contributed by atoms with Crippen molar-refractivity contribution in [3.05, 3.63) is 58.7 Å². The lowest BCUT2D eigenvalue weighted by Gasteiger charge is -2.17. The largest absolute Gasteiger partial charge is 0.496 e. The molecule has 0 fully saturated rings. The second-order valence-corrected chi connectivity index (χ2v) is 7.66. The molecule has 5 nitrogen and oxygen atoms in total. The summed E-state index contributed by atoms with van der Waals surface area (Å²) in [5, 5.41) is 2.99. The van der Waals surface area contributed by atoms with Crippen molar-refractivity contribution in [3.63, 3.8) is 0 Å². The number of carbonyl (C=O) groups excluding carboxylic acids is 2. The van der Waals surface area contributed by atoms with E-state index in [1.807, 2.05) is 37.3 Å². The minimum atomic E-state index is -0.413. The van der Waals surface area contributed by atoms with Crippen LogP contribution in [0.3, 0.4) is 0 Å². The van der Waals surface area contributed by atoms with Gasteiger partial charge >= 0.3 is 0 Å². The molecule has 28 heavy (non-hydrogen) atoms. The molecule has 0 saturated heterocycles. The van der Waals surface area contributed by atoms with Crippen LogP contribution < -0.4 is 15.0 Å². The van der Waals surface area contributed by atoms with E-state index in [4.69, 9.17) is 4.74 Å². The molecule has 1 aliphatic rings. The summed E-state index contributed by atoms with van der Waals surface area (Å²) in [6.45, 7) is 6.69. The van der Waals surface area contributed by atoms with Crippen LogP contribution in [0.1, 0.15) is 54.4 Å². The number of nitrogens with zero attached hydrogens (tertiary/aromatic N) is 1. The van der Waals surface area contributed by atoms with Gasteiger partial charge in [-0.05, 0) is 53.3 Å². The second kappa shape index (κ2) is 8.05. The Balaban J connectivity index is 1.70. The molecular weight excluding hydrogens is 352 g/mol. The van der Waals surface area contributed by atoms with Crippen LogP contribution in [0.2, 0.25) is 0 Å². The molecule has 0 saturated carbocycles. The Bertz CT molecular complexity index is 905. The maximum atomic E-state index is 12.6. The van der Waals surface area contributed by atoms with E-state index in [0.29, 0.717) is 12.5 Å². The highest BCUT2D eigenvalue weighted by molar-refractivity contribution is 6.06. The van der Waals surface area contributed by atoms with Gasteiger partial charge in [-0.25, -0.2) is 0 Å². The number of hydrogen-bond donors (Lipinski definition) is 1. The number of anilines is 1. The van der Waals surface area contributed by atoms with E-state index in [1.165, 1.54) is 0 Å². The molecule has 5 heteroatoms. The molecule has 0 aromatic heterocycles. The van der Waals surface area contributed by atoms with E-state index in [9.17, 15) is 9.59 Å². The topological polar surface area (TPSA) is 58.6 Å². The molecule has 0 spiro atoms. The van der Waals surface area contributed by atoms with Gasteiger partial charge < -0.3 is 15.0 Å². The molecule has 1 heterocycles. The number of nitrogens with one attached hydrogen (secondary N) is 1. The van der Waals surface area contributed by atoms with Gasteiger partial charge in [-0.1, -0.05) is 32.0 Å². The van der Waals surface area contributed by atoms with Gasteiger partial charge in [0, 0.05) is 25.7 Å². The Morgan fingerprint density at radius 1 is 1.25 bits per heavy atom. The van der Waals surface area contributed by atoms with Crippen LogP contribution in [0.15, 0.2) is 36.4 Å². The van der Waals surface area contributed by atoms with Gasteiger partial charge in [-0.3, -0.25) is 9.59 Å². The van der Waals surface area contributed by atoms with Gasteiger partial charge in [0.2, 0.25) is 11.8 Å². The van der Waals surface area contributed by atoms with Crippen molar-refractivity contribution in [2.24, 2.45) is 0 Å². The van der Waals surface area contributed by atoms with E-state index in [-0.39, 0.29) is 18.2 Å². The second-order valence-electron chi connectivity index (χ2n) is 7.66.